The maximum Gasteiger partial charge on any atom is 0.310 e. The zero-order chi connectivity index (χ0) is 73.0. The minimum Gasteiger partial charge on any atom is -0.498 e. The van der Waals surface area contributed by atoms with Crippen LogP contribution in [-0.2, 0) is 51.3 Å². The largest absolute Gasteiger partial charge is 0.498 e. The van der Waals surface area contributed by atoms with Crippen LogP contribution in [0.15, 0.2) is 235 Å². The number of carbonyl (C=O) groups excluding carboxylic acids is 3. The van der Waals surface area contributed by atoms with Crippen LogP contribution in [0.2, 0.25) is 51.4 Å². The van der Waals surface area contributed by atoms with E-state index in [1.807, 2.05) is 24.0 Å². The molecule has 0 N–H and O–H groups in total. The number of fused-ring (bicyclic) bond motifs is 2. The summed E-state index contributed by atoms with van der Waals surface area (Å²) < 4.78 is 39.8. The highest BCUT2D eigenvalue weighted by Gasteiger charge is 2.58. The van der Waals surface area contributed by atoms with E-state index in [1.54, 1.807) is 13.2 Å². The van der Waals surface area contributed by atoms with Crippen LogP contribution in [0.1, 0.15) is 39.0 Å². The number of carbonyl (C=O) groups is 3. The van der Waals surface area contributed by atoms with Gasteiger partial charge in [-0.15, -0.1) is 65.5 Å². The van der Waals surface area contributed by atoms with Gasteiger partial charge in [-0.1, -0.05) is 199 Å². The maximum atomic E-state index is 12.0. The number of hydrogen-bond donors (Lipinski definition) is 0. The second-order valence-electron chi connectivity index (χ2n) is 25.8. The predicted octanol–water partition coefficient (Wildman–Crippen LogP) is 16.9. The molecule has 3 saturated carbocycles. The van der Waals surface area contributed by atoms with E-state index in [-0.39, 0.29) is 35.7 Å². The molecule has 9 aliphatic rings. The number of ether oxygens (including phenoxy) is 6. The first-order chi connectivity index (χ1) is 46.4. The van der Waals surface area contributed by atoms with E-state index in [9.17, 15) is 14.4 Å². The van der Waals surface area contributed by atoms with Gasteiger partial charge in [-0.3, -0.25) is 14.4 Å². The third-order valence-electron chi connectivity index (χ3n) is 18.1. The van der Waals surface area contributed by atoms with E-state index >= 15 is 0 Å². The van der Waals surface area contributed by atoms with Crippen molar-refractivity contribution < 1.29 is 51.3 Å². The Morgan fingerprint density at radius 2 is 0.876 bits per heavy atom. The van der Waals surface area contributed by atoms with Gasteiger partial charge in [-0.05, 0) is 143 Å². The first kappa shape index (κ1) is 87.7. The molecule has 9 aliphatic carbocycles. The first-order valence-electron chi connectivity index (χ1n) is 33.6. The summed E-state index contributed by atoms with van der Waals surface area (Å²) in [6.07, 6.45) is 46.2. The summed E-state index contributed by atoms with van der Waals surface area (Å²) in [6.45, 7) is 53.2. The van der Waals surface area contributed by atoms with E-state index in [4.69, 9.17) is 45.1 Å². The van der Waals surface area contributed by atoms with Gasteiger partial charge in [0, 0.05) is 7.11 Å². The average Bonchev–Trinajstić information content (AvgIpc) is 0.723. The van der Waals surface area contributed by atoms with Gasteiger partial charge >= 0.3 is 17.9 Å². The summed E-state index contributed by atoms with van der Waals surface area (Å²) in [7, 11) is -0.368. The number of methoxy groups -OCH3 is 3. The molecule has 13 atom stereocenters. The number of hydrogen-bond acceptors (Lipinski definition) is 11. The van der Waals surface area contributed by atoms with Gasteiger partial charge in [0.25, 0.3) is 0 Å². The molecule has 0 saturated heterocycles. The van der Waals surface area contributed by atoms with E-state index in [0.717, 1.165) is 30.3 Å². The Kier molecular flexibility index (Phi) is 43.0. The van der Waals surface area contributed by atoms with Crippen LogP contribution in [0.4, 0.5) is 0 Å². The van der Waals surface area contributed by atoms with Crippen molar-refractivity contribution in [3.63, 3.8) is 0 Å². The quantitative estimate of drug-likeness (QED) is 0.0190. The lowest BCUT2D eigenvalue weighted by Gasteiger charge is -2.53. The minimum atomic E-state index is -1.78. The number of benzene rings is 2. The molecule has 3 fully saturated rings. The van der Waals surface area contributed by atoms with Crippen LogP contribution >= 0.6 is 0 Å². The van der Waals surface area contributed by atoms with Crippen molar-refractivity contribution in [2.24, 2.45) is 76.9 Å². The maximum absolute atomic E-state index is 12.0. The van der Waals surface area contributed by atoms with Crippen LogP contribution in [0.25, 0.3) is 0 Å². The summed E-state index contributed by atoms with van der Waals surface area (Å²) in [5, 5.41) is 2.92. The molecule has 528 valence electrons. The standard InChI is InChI=1S/C18H20Si.C14H16O4.C12H14O2.C10H16.C8H18OSi2.C6H10O2.C6H6O.C5H12OSi.C3H6/c1-3-15-19(16-4-2,17-11-7-5-8-12-17)18-13-9-6-10-14-18;1-17-13(15)11-9-5-6-10(8-4-3-7(8)9)12(11)14(16)18-2;1-14-12(13)11-6-7-2-3-10(11)9-5-4-8(7)9;1-3-9-6-5-7-10(4-2)8-9;1-7-10(3,4)9-11(5,6)8-2;1-3-7-5-6-8-4-2;1-3-5-7-6-4-2;1-5-7(3,4)6-2;1-3-2/h3-14H,1-2,15-16H2;3-12H,1-2H3;2-5,7-11H,6H2,1H3;3-4,9-10H,1-2,5-8H2;7-8H,1-2H2,3-6H3;3-4H,1-2,5-6H2;1-2H,5-6H2;5H,1H2,2-4H3;3H,1H2,2H3. The van der Waals surface area contributed by atoms with Crippen molar-refractivity contribution in [2.45, 2.75) is 90.4 Å². The van der Waals surface area contributed by atoms with Gasteiger partial charge < -0.3 is 37.0 Å². The lowest BCUT2D eigenvalue weighted by Crippen LogP contribution is -2.57. The Bertz CT molecular complexity index is 2840. The van der Waals surface area contributed by atoms with Gasteiger partial charge in [0.15, 0.2) is 16.6 Å². The van der Waals surface area contributed by atoms with Gasteiger partial charge in [-0.25, -0.2) is 0 Å². The number of rotatable bonds is 24. The van der Waals surface area contributed by atoms with Crippen molar-refractivity contribution in [3.8, 4) is 24.7 Å². The lowest BCUT2D eigenvalue weighted by molar-refractivity contribution is -0.167. The van der Waals surface area contributed by atoms with E-state index in [2.05, 4.69) is 255 Å². The molecule has 0 spiro atoms. The molecule has 2 aromatic rings. The molecule has 97 heavy (non-hydrogen) atoms. The number of esters is 3. The highest BCUT2D eigenvalue weighted by molar-refractivity contribution is 7.02. The molecule has 0 aromatic heterocycles. The van der Waals surface area contributed by atoms with E-state index in [0.29, 0.717) is 61.9 Å². The van der Waals surface area contributed by atoms with Gasteiger partial charge in [0.05, 0.1) is 51.6 Å². The van der Waals surface area contributed by atoms with Crippen molar-refractivity contribution >= 4 is 61.3 Å². The Balaban J connectivity index is 0.000000566. The molecule has 11 rings (SSSR count). The van der Waals surface area contributed by atoms with Crippen LogP contribution < -0.4 is 10.4 Å². The van der Waals surface area contributed by atoms with Crippen molar-refractivity contribution in [1.29, 1.82) is 0 Å². The van der Waals surface area contributed by atoms with Crippen LogP contribution in [-0.4, -0.2) is 106 Å². The Hall–Kier alpha value is -7.32. The normalized spacial score (nSPS) is 23.8. The average molecular weight is 1390 g/mol. The highest BCUT2D eigenvalue weighted by Crippen LogP contribution is 2.57. The Morgan fingerprint density at radius 1 is 0.505 bits per heavy atom. The van der Waals surface area contributed by atoms with Crippen molar-refractivity contribution in [1.82, 2.24) is 0 Å². The monoisotopic (exact) mass is 1390 g/mol. The van der Waals surface area contributed by atoms with E-state index in [1.165, 1.54) is 69.9 Å². The highest BCUT2D eigenvalue weighted by atomic mass is 28.4. The summed E-state index contributed by atoms with van der Waals surface area (Å²) in [5.41, 5.74) is 5.84. The smallest absolute Gasteiger partial charge is 0.310 e. The predicted molar refractivity (Wildman–Crippen MR) is 417 cm³/mol. The molecular formula is C82H118O11Si4. The Labute approximate surface area is 591 Å². The molecule has 0 radical (unpaired) electrons. The Morgan fingerprint density at radius 3 is 1.18 bits per heavy atom. The van der Waals surface area contributed by atoms with Crippen LogP contribution in [0.3, 0.4) is 0 Å². The van der Waals surface area contributed by atoms with Gasteiger partial charge in [-0.2, -0.15) is 0 Å². The first-order valence-corrected chi connectivity index (χ1v) is 44.9. The lowest BCUT2D eigenvalue weighted by atomic mass is 9.50. The fourth-order valence-electron chi connectivity index (χ4n) is 12.6. The molecule has 0 heterocycles. The number of allylic oxidation sites excluding steroid dienone is 13. The topological polar surface area (TPSA) is 125 Å². The second-order valence-corrected chi connectivity index (χ2v) is 42.0. The molecule has 4 bridgehead atoms. The van der Waals surface area contributed by atoms with Crippen LogP contribution in [0, 0.1) is 102 Å². The molecule has 11 nitrogen and oxygen atoms in total. The third kappa shape index (κ3) is 29.0. The van der Waals surface area contributed by atoms with Gasteiger partial charge in [0.1, 0.15) is 34.5 Å². The van der Waals surface area contributed by atoms with Crippen LogP contribution in [0.5, 0.6) is 0 Å². The van der Waals surface area contributed by atoms with Crippen molar-refractivity contribution in [2.75, 3.05) is 54.9 Å². The molecule has 2 aromatic carbocycles. The van der Waals surface area contributed by atoms with Crippen molar-refractivity contribution in [3.05, 3.63) is 235 Å². The number of terminal acetylenes is 2. The second kappa shape index (κ2) is 47.6. The molecule has 15 heteroatoms. The summed E-state index contributed by atoms with van der Waals surface area (Å²) >= 11 is 0. The fraction of sp³-hybridized carbons (Fsp3) is 0.427. The summed E-state index contributed by atoms with van der Waals surface area (Å²) in [4.78, 5) is 35.5. The molecule has 0 aliphatic heterocycles. The summed E-state index contributed by atoms with van der Waals surface area (Å²) in [5.74, 6) is 7.99. The zero-order valence-corrected chi connectivity index (χ0v) is 64.7. The minimum absolute atomic E-state index is 0.0249. The van der Waals surface area contributed by atoms with E-state index < -0.39 is 44.9 Å². The summed E-state index contributed by atoms with van der Waals surface area (Å²) in [6, 6.07) is 23.8. The molecular weight excluding hydrogens is 1270 g/mol. The fourth-order valence-corrected chi connectivity index (χ4v) is 23.0. The van der Waals surface area contributed by atoms with Gasteiger partial charge in [0.2, 0.25) is 8.32 Å². The molecule has 13 unspecified atom stereocenters. The SMILES string of the molecule is C#CCOCC#C.C=CC.C=CC1CCCC(C=C)C1.C=CC[Si](CC=C)(c1ccccc1)c1ccccc1.C=COCCOC=C.C=C[Si](C)(C)OC.C=C[Si](C)(C)O[Si](C)(C)C=C.COC(=O)C1C2C=CC(C3C=CC32)C1C(=O)OC.COC(=O)C1CC2C=CC1C1C=CC21. The third-order valence-corrected chi connectivity index (χ3v) is 31.2. The molecule has 0 amide bonds. The zero-order valence-electron chi connectivity index (χ0n) is 60.7.